The first kappa shape index (κ1) is 23.5. The molecule has 0 aromatic heterocycles. The van der Waals surface area contributed by atoms with Gasteiger partial charge in [0.05, 0.1) is 11.0 Å². The number of carbonyl (C=O) groups is 1. The molecular formula is C21H27BrN2O4S. The van der Waals surface area contributed by atoms with Crippen molar-refractivity contribution >= 4 is 31.9 Å². The van der Waals surface area contributed by atoms with Gasteiger partial charge in [-0.25, -0.2) is 8.42 Å². The van der Waals surface area contributed by atoms with Crippen LogP contribution in [0.25, 0.3) is 0 Å². The van der Waals surface area contributed by atoms with Crippen molar-refractivity contribution in [2.45, 2.75) is 43.7 Å². The summed E-state index contributed by atoms with van der Waals surface area (Å²) in [5, 5.41) is 2.81. The number of nitrogens with one attached hydrogen (secondary N) is 2. The molecule has 0 saturated heterocycles. The second-order valence-electron chi connectivity index (χ2n) is 6.88. The predicted molar refractivity (Wildman–Crippen MR) is 117 cm³/mol. The van der Waals surface area contributed by atoms with Crippen LogP contribution < -0.4 is 10.0 Å². The summed E-state index contributed by atoms with van der Waals surface area (Å²) in [5.74, 6) is -0.362. The first-order valence-electron chi connectivity index (χ1n) is 9.49. The molecule has 1 atom stereocenters. The molecule has 0 saturated carbocycles. The first-order chi connectivity index (χ1) is 13.8. The molecule has 0 fully saturated rings. The molecule has 29 heavy (non-hydrogen) atoms. The summed E-state index contributed by atoms with van der Waals surface area (Å²) in [6.07, 6.45) is 1.04. The highest BCUT2D eigenvalue weighted by molar-refractivity contribution is 9.10. The molecule has 0 heterocycles. The smallest absolute Gasteiger partial charge is 0.241 e. The van der Waals surface area contributed by atoms with Crippen molar-refractivity contribution in [3.05, 3.63) is 64.6 Å². The second kappa shape index (κ2) is 11.4. The number of hydrogen-bond donors (Lipinski definition) is 2. The predicted octanol–water partition coefficient (Wildman–Crippen LogP) is 3.27. The monoisotopic (exact) mass is 482 g/mol. The third kappa shape index (κ3) is 8.26. The van der Waals surface area contributed by atoms with Crippen LogP contribution in [0, 0.1) is 0 Å². The molecule has 2 aromatic carbocycles. The van der Waals surface area contributed by atoms with Crippen LogP contribution in [0.4, 0.5) is 0 Å². The lowest BCUT2D eigenvalue weighted by atomic mass is 10.1. The molecule has 158 valence electrons. The summed E-state index contributed by atoms with van der Waals surface area (Å²) in [7, 11) is -3.84. The summed E-state index contributed by atoms with van der Waals surface area (Å²) >= 11 is 3.29. The summed E-state index contributed by atoms with van der Waals surface area (Å²) in [5.41, 5.74) is 0.870. The zero-order valence-corrected chi connectivity index (χ0v) is 19.0. The van der Waals surface area contributed by atoms with Crippen LogP contribution in [0.1, 0.15) is 25.8 Å². The van der Waals surface area contributed by atoms with Crippen molar-refractivity contribution in [3.63, 3.8) is 0 Å². The SMILES string of the molecule is CC(C)OCCCNC(=O)[C@@H](Cc1ccccc1)NS(=O)(=O)c1ccc(Br)cc1. The minimum absolute atomic E-state index is 0.108. The minimum Gasteiger partial charge on any atom is -0.379 e. The van der Waals surface area contributed by atoms with E-state index in [0.717, 1.165) is 10.0 Å². The van der Waals surface area contributed by atoms with E-state index >= 15 is 0 Å². The van der Waals surface area contributed by atoms with Gasteiger partial charge in [0, 0.05) is 17.6 Å². The number of ether oxygens (including phenoxy) is 1. The van der Waals surface area contributed by atoms with E-state index in [0.29, 0.717) is 19.6 Å². The largest absolute Gasteiger partial charge is 0.379 e. The highest BCUT2D eigenvalue weighted by atomic mass is 79.9. The molecule has 0 aliphatic carbocycles. The molecule has 0 unspecified atom stereocenters. The van der Waals surface area contributed by atoms with Gasteiger partial charge in [-0.1, -0.05) is 46.3 Å². The van der Waals surface area contributed by atoms with Crippen molar-refractivity contribution in [2.24, 2.45) is 0 Å². The molecule has 0 spiro atoms. The van der Waals surface area contributed by atoms with Crippen LogP contribution in [0.5, 0.6) is 0 Å². The molecule has 2 rings (SSSR count). The van der Waals surface area contributed by atoms with Crippen LogP contribution in [-0.2, 0) is 26.0 Å². The van der Waals surface area contributed by atoms with E-state index in [4.69, 9.17) is 4.74 Å². The summed E-state index contributed by atoms with van der Waals surface area (Å²) < 4.78 is 34.3. The van der Waals surface area contributed by atoms with Crippen molar-refractivity contribution in [2.75, 3.05) is 13.2 Å². The Morgan fingerprint density at radius 1 is 1.07 bits per heavy atom. The van der Waals surface area contributed by atoms with Gasteiger partial charge in [-0.3, -0.25) is 4.79 Å². The fourth-order valence-corrected chi connectivity index (χ4v) is 4.09. The van der Waals surface area contributed by atoms with E-state index < -0.39 is 16.1 Å². The van der Waals surface area contributed by atoms with Crippen LogP contribution in [-0.4, -0.2) is 39.6 Å². The average Bonchev–Trinajstić information content (AvgIpc) is 2.68. The van der Waals surface area contributed by atoms with Gasteiger partial charge in [0.2, 0.25) is 15.9 Å². The molecule has 2 N–H and O–H groups in total. The second-order valence-corrected chi connectivity index (χ2v) is 9.51. The molecule has 0 bridgehead atoms. The van der Waals surface area contributed by atoms with Crippen molar-refractivity contribution < 1.29 is 17.9 Å². The number of rotatable bonds is 11. The van der Waals surface area contributed by atoms with Crippen LogP contribution in [0.3, 0.4) is 0 Å². The summed E-state index contributed by atoms with van der Waals surface area (Å²) in [6.45, 7) is 4.85. The number of sulfonamides is 1. The maximum absolute atomic E-state index is 12.8. The first-order valence-corrected chi connectivity index (χ1v) is 11.8. The highest BCUT2D eigenvalue weighted by Gasteiger charge is 2.26. The fraction of sp³-hybridized carbons (Fsp3) is 0.381. The van der Waals surface area contributed by atoms with Crippen LogP contribution in [0.15, 0.2) is 64.0 Å². The van der Waals surface area contributed by atoms with Crippen molar-refractivity contribution in [1.82, 2.24) is 10.0 Å². The summed E-state index contributed by atoms with van der Waals surface area (Å²) in [4.78, 5) is 12.8. The van der Waals surface area contributed by atoms with Gasteiger partial charge in [0.25, 0.3) is 0 Å². The average molecular weight is 483 g/mol. The van der Waals surface area contributed by atoms with Gasteiger partial charge in [-0.05, 0) is 56.5 Å². The van der Waals surface area contributed by atoms with Gasteiger partial charge in [-0.2, -0.15) is 4.72 Å². The van der Waals surface area contributed by atoms with E-state index in [1.807, 2.05) is 44.2 Å². The van der Waals surface area contributed by atoms with E-state index in [-0.39, 0.29) is 23.3 Å². The fourth-order valence-electron chi connectivity index (χ4n) is 2.63. The maximum atomic E-state index is 12.8. The van der Waals surface area contributed by atoms with Crippen molar-refractivity contribution in [3.8, 4) is 0 Å². The van der Waals surface area contributed by atoms with Crippen molar-refractivity contribution in [1.29, 1.82) is 0 Å². The number of hydrogen-bond acceptors (Lipinski definition) is 4. The number of amides is 1. The Hall–Kier alpha value is -1.74. The lowest BCUT2D eigenvalue weighted by Gasteiger charge is -2.19. The zero-order valence-electron chi connectivity index (χ0n) is 16.6. The Kier molecular flexibility index (Phi) is 9.29. The maximum Gasteiger partial charge on any atom is 0.241 e. The van der Waals surface area contributed by atoms with Gasteiger partial charge < -0.3 is 10.1 Å². The number of benzene rings is 2. The lowest BCUT2D eigenvalue weighted by Crippen LogP contribution is -2.48. The molecule has 1 amide bonds. The highest BCUT2D eigenvalue weighted by Crippen LogP contribution is 2.15. The van der Waals surface area contributed by atoms with Gasteiger partial charge in [0.1, 0.15) is 6.04 Å². The molecule has 6 nitrogen and oxygen atoms in total. The third-order valence-electron chi connectivity index (χ3n) is 4.09. The minimum atomic E-state index is -3.84. The van der Waals surface area contributed by atoms with Crippen LogP contribution in [0.2, 0.25) is 0 Å². The Morgan fingerprint density at radius 2 is 1.72 bits per heavy atom. The van der Waals surface area contributed by atoms with E-state index in [1.165, 1.54) is 12.1 Å². The summed E-state index contributed by atoms with van der Waals surface area (Å²) in [6, 6.07) is 14.7. The van der Waals surface area contributed by atoms with Gasteiger partial charge in [0.15, 0.2) is 0 Å². The van der Waals surface area contributed by atoms with Gasteiger partial charge in [-0.15, -0.1) is 0 Å². The topological polar surface area (TPSA) is 84.5 Å². The normalized spacial score (nSPS) is 12.7. The standard InChI is InChI=1S/C21H27BrN2O4S/c1-16(2)28-14-6-13-23-21(25)20(15-17-7-4-3-5-8-17)24-29(26,27)19-11-9-18(22)10-12-19/h3-5,7-12,16,20,24H,6,13-15H2,1-2H3,(H,23,25)/t20-/m1/s1. The molecule has 2 aromatic rings. The zero-order chi connectivity index (χ0) is 21.3. The number of halogens is 1. The Balaban J connectivity index is 2.08. The molecule has 8 heteroatoms. The Labute approximate surface area is 181 Å². The van der Waals surface area contributed by atoms with Gasteiger partial charge >= 0.3 is 0 Å². The quantitative estimate of drug-likeness (QED) is 0.481. The molecule has 0 radical (unpaired) electrons. The molecule has 0 aliphatic rings. The molecule has 0 aliphatic heterocycles. The number of carbonyl (C=O) groups excluding carboxylic acids is 1. The Bertz CT molecular complexity index is 871. The lowest BCUT2D eigenvalue weighted by molar-refractivity contribution is -0.122. The van der Waals surface area contributed by atoms with E-state index in [2.05, 4.69) is 26.0 Å². The third-order valence-corrected chi connectivity index (χ3v) is 6.11. The Morgan fingerprint density at radius 3 is 2.34 bits per heavy atom. The van der Waals surface area contributed by atoms with E-state index in [9.17, 15) is 13.2 Å². The van der Waals surface area contributed by atoms with E-state index in [1.54, 1.807) is 12.1 Å². The van der Waals surface area contributed by atoms with Crippen LogP contribution >= 0.6 is 15.9 Å². The molecular weight excluding hydrogens is 456 g/mol.